The second kappa shape index (κ2) is 8.55. The Morgan fingerprint density at radius 2 is 1.59 bits per heavy atom. The molecule has 0 bridgehead atoms. The van der Waals surface area contributed by atoms with E-state index < -0.39 is 0 Å². The molecular weight excluding hydrogens is 364 g/mol. The smallest absolute Gasteiger partial charge is 0.203 e. The molecule has 1 heterocycles. The molecule has 0 saturated heterocycles. The third-order valence-corrected chi connectivity index (χ3v) is 4.78. The van der Waals surface area contributed by atoms with Crippen molar-refractivity contribution in [3.8, 4) is 27.8 Å². The summed E-state index contributed by atoms with van der Waals surface area (Å²) in [6.45, 7) is 0. The standard InChI is InChI=1S/C20H20N2O4S/c1-23-16-10-14(11-17(24-2)19(16)25-3)18(22-26-4)15-12-27-20(21-15)13-8-6-5-7-9-13/h5-12H,1-4H3/b22-18+. The molecule has 0 atom stereocenters. The second-order valence-corrected chi connectivity index (χ2v) is 6.30. The fraction of sp³-hybridized carbons (Fsp3) is 0.200. The zero-order valence-corrected chi connectivity index (χ0v) is 16.4. The van der Waals surface area contributed by atoms with Gasteiger partial charge in [0.05, 0.1) is 21.3 Å². The average molecular weight is 384 g/mol. The summed E-state index contributed by atoms with van der Waals surface area (Å²) < 4.78 is 16.3. The van der Waals surface area contributed by atoms with Crippen LogP contribution in [-0.4, -0.2) is 39.1 Å². The van der Waals surface area contributed by atoms with E-state index in [1.807, 2.05) is 47.8 Å². The maximum Gasteiger partial charge on any atom is 0.203 e. The van der Waals surface area contributed by atoms with Crippen LogP contribution in [0, 0.1) is 0 Å². The Morgan fingerprint density at radius 3 is 2.15 bits per heavy atom. The fourth-order valence-electron chi connectivity index (χ4n) is 2.65. The number of aromatic nitrogens is 1. The molecule has 27 heavy (non-hydrogen) atoms. The number of nitrogens with zero attached hydrogens (tertiary/aromatic N) is 2. The molecule has 0 N–H and O–H groups in total. The molecule has 0 fully saturated rings. The summed E-state index contributed by atoms with van der Waals surface area (Å²) >= 11 is 1.54. The van der Waals surface area contributed by atoms with Crippen LogP contribution in [0.1, 0.15) is 11.3 Å². The molecule has 0 saturated carbocycles. The van der Waals surface area contributed by atoms with Crippen molar-refractivity contribution < 1.29 is 19.0 Å². The number of hydrogen-bond donors (Lipinski definition) is 0. The molecule has 0 aliphatic heterocycles. The van der Waals surface area contributed by atoms with Crippen LogP contribution in [0.15, 0.2) is 53.0 Å². The maximum absolute atomic E-state index is 5.44. The molecule has 0 unspecified atom stereocenters. The number of hydrogen-bond acceptors (Lipinski definition) is 7. The molecule has 0 aliphatic carbocycles. The minimum Gasteiger partial charge on any atom is -0.493 e. The lowest BCUT2D eigenvalue weighted by atomic mass is 10.1. The van der Waals surface area contributed by atoms with E-state index in [2.05, 4.69) is 5.16 Å². The minimum atomic E-state index is 0.517. The van der Waals surface area contributed by atoms with Crippen molar-refractivity contribution >= 4 is 17.0 Å². The number of thiazole rings is 1. The molecule has 0 spiro atoms. The summed E-state index contributed by atoms with van der Waals surface area (Å²) in [5.41, 5.74) is 3.08. The predicted octanol–water partition coefficient (Wildman–Crippen LogP) is 4.23. The highest BCUT2D eigenvalue weighted by Crippen LogP contribution is 2.39. The highest BCUT2D eigenvalue weighted by atomic mass is 32.1. The first-order chi connectivity index (χ1) is 13.2. The van der Waals surface area contributed by atoms with Crippen molar-refractivity contribution in [3.05, 3.63) is 59.1 Å². The van der Waals surface area contributed by atoms with E-state index in [0.717, 1.165) is 16.1 Å². The summed E-state index contributed by atoms with van der Waals surface area (Å²) in [4.78, 5) is 9.80. The van der Waals surface area contributed by atoms with Crippen molar-refractivity contribution in [1.29, 1.82) is 0 Å². The molecule has 140 valence electrons. The van der Waals surface area contributed by atoms with E-state index in [9.17, 15) is 0 Å². The van der Waals surface area contributed by atoms with Crippen molar-refractivity contribution in [2.75, 3.05) is 28.4 Å². The summed E-state index contributed by atoms with van der Waals surface area (Å²) in [5, 5.41) is 7.04. The van der Waals surface area contributed by atoms with Gasteiger partial charge in [-0.25, -0.2) is 4.98 Å². The normalized spacial score (nSPS) is 11.2. The molecule has 2 aromatic carbocycles. The van der Waals surface area contributed by atoms with Crippen LogP contribution in [0.5, 0.6) is 17.2 Å². The summed E-state index contributed by atoms with van der Waals surface area (Å²) in [6.07, 6.45) is 0. The Balaban J connectivity index is 2.07. The molecule has 6 nitrogen and oxygen atoms in total. The maximum atomic E-state index is 5.44. The van der Waals surface area contributed by atoms with Gasteiger partial charge in [0.1, 0.15) is 23.5 Å². The Bertz CT molecular complexity index is 913. The van der Waals surface area contributed by atoms with E-state index in [1.165, 1.54) is 7.11 Å². The van der Waals surface area contributed by atoms with Crippen LogP contribution in [0.2, 0.25) is 0 Å². The quantitative estimate of drug-likeness (QED) is 0.450. The first kappa shape index (κ1) is 18.7. The Hall–Kier alpha value is -3.06. The van der Waals surface area contributed by atoms with Gasteiger partial charge in [-0.05, 0) is 12.1 Å². The van der Waals surface area contributed by atoms with E-state index in [1.54, 1.807) is 32.7 Å². The third kappa shape index (κ3) is 3.88. The van der Waals surface area contributed by atoms with Gasteiger partial charge in [0.25, 0.3) is 0 Å². The number of methoxy groups -OCH3 is 3. The highest BCUT2D eigenvalue weighted by Gasteiger charge is 2.19. The van der Waals surface area contributed by atoms with Crippen LogP contribution in [0.4, 0.5) is 0 Å². The van der Waals surface area contributed by atoms with Crippen LogP contribution < -0.4 is 14.2 Å². The SMILES string of the molecule is CO/N=C(\c1cc(OC)c(OC)c(OC)c1)c1csc(-c2ccccc2)n1. The molecule has 3 aromatic rings. The second-order valence-electron chi connectivity index (χ2n) is 5.44. The van der Waals surface area contributed by atoms with Gasteiger partial charge in [-0.15, -0.1) is 11.3 Å². The van der Waals surface area contributed by atoms with E-state index >= 15 is 0 Å². The number of benzene rings is 2. The predicted molar refractivity (Wildman–Crippen MR) is 106 cm³/mol. The molecule has 1 aromatic heterocycles. The first-order valence-corrected chi connectivity index (χ1v) is 9.02. The highest BCUT2D eigenvalue weighted by molar-refractivity contribution is 7.13. The Labute approximate surface area is 162 Å². The largest absolute Gasteiger partial charge is 0.493 e. The van der Waals surface area contributed by atoms with Gasteiger partial charge in [0.15, 0.2) is 11.5 Å². The van der Waals surface area contributed by atoms with Gasteiger partial charge in [-0.2, -0.15) is 0 Å². The molecule has 0 amide bonds. The van der Waals surface area contributed by atoms with E-state index in [0.29, 0.717) is 28.7 Å². The summed E-state index contributed by atoms with van der Waals surface area (Å²) in [7, 11) is 6.22. The van der Waals surface area contributed by atoms with Crippen LogP contribution in [-0.2, 0) is 4.84 Å². The van der Waals surface area contributed by atoms with Crippen molar-refractivity contribution in [1.82, 2.24) is 4.98 Å². The van der Waals surface area contributed by atoms with Crippen LogP contribution >= 0.6 is 11.3 Å². The van der Waals surface area contributed by atoms with E-state index in [4.69, 9.17) is 24.0 Å². The average Bonchev–Trinajstić information content (AvgIpc) is 3.21. The number of oxime groups is 1. The first-order valence-electron chi connectivity index (χ1n) is 8.14. The Kier molecular flexibility index (Phi) is 5.93. The molecule has 0 radical (unpaired) electrons. The molecule has 0 aliphatic rings. The van der Waals surface area contributed by atoms with Gasteiger partial charge < -0.3 is 19.0 Å². The Morgan fingerprint density at radius 1 is 0.926 bits per heavy atom. The number of rotatable bonds is 7. The molecule has 7 heteroatoms. The minimum absolute atomic E-state index is 0.517. The van der Waals surface area contributed by atoms with Gasteiger partial charge in [0, 0.05) is 16.5 Å². The summed E-state index contributed by atoms with van der Waals surface area (Å²) in [6, 6.07) is 13.6. The zero-order valence-electron chi connectivity index (χ0n) is 15.6. The zero-order chi connectivity index (χ0) is 19.2. The topological polar surface area (TPSA) is 62.2 Å². The molecular formula is C20H20N2O4S. The van der Waals surface area contributed by atoms with Gasteiger partial charge in [-0.1, -0.05) is 35.5 Å². The van der Waals surface area contributed by atoms with Crippen molar-refractivity contribution in [3.63, 3.8) is 0 Å². The lowest BCUT2D eigenvalue weighted by molar-refractivity contribution is 0.214. The van der Waals surface area contributed by atoms with Gasteiger partial charge in [-0.3, -0.25) is 0 Å². The van der Waals surface area contributed by atoms with Crippen molar-refractivity contribution in [2.45, 2.75) is 0 Å². The number of ether oxygens (including phenoxy) is 3. The van der Waals surface area contributed by atoms with E-state index in [-0.39, 0.29) is 0 Å². The molecule has 3 rings (SSSR count). The summed E-state index contributed by atoms with van der Waals surface area (Å²) in [5.74, 6) is 1.59. The van der Waals surface area contributed by atoms with Crippen LogP contribution in [0.3, 0.4) is 0 Å². The van der Waals surface area contributed by atoms with Gasteiger partial charge >= 0.3 is 0 Å². The lowest BCUT2D eigenvalue weighted by Crippen LogP contribution is -2.07. The fourth-order valence-corrected chi connectivity index (χ4v) is 3.46. The van der Waals surface area contributed by atoms with Gasteiger partial charge in [0.2, 0.25) is 5.75 Å². The monoisotopic (exact) mass is 384 g/mol. The van der Waals surface area contributed by atoms with Crippen LogP contribution in [0.25, 0.3) is 10.6 Å². The third-order valence-electron chi connectivity index (χ3n) is 3.89. The van der Waals surface area contributed by atoms with Crippen molar-refractivity contribution in [2.24, 2.45) is 5.16 Å². The lowest BCUT2D eigenvalue weighted by Gasteiger charge is -2.14.